The average Bonchev–Trinajstić information content (AvgIpc) is 2.33. The third-order valence-electron chi connectivity index (χ3n) is 2.94. The Morgan fingerprint density at radius 2 is 1.56 bits per heavy atom. The van der Waals surface area contributed by atoms with E-state index in [4.69, 9.17) is 0 Å². The first-order valence-electron chi connectivity index (χ1n) is 6.34. The largest absolute Gasteiger partial charge is 0.207 e. The second-order valence-corrected chi connectivity index (χ2v) is 5.56. The summed E-state index contributed by atoms with van der Waals surface area (Å²) >= 11 is 3.34. The maximum absolute atomic E-state index is 13.5. The molecule has 102 valence electrons. The molecule has 1 rings (SSSR count). The topological polar surface area (TPSA) is 0 Å². The van der Waals surface area contributed by atoms with Gasteiger partial charge >= 0.3 is 0 Å². The minimum Gasteiger partial charge on any atom is -0.207 e. The van der Waals surface area contributed by atoms with Gasteiger partial charge in [0.05, 0.1) is 0 Å². The molecule has 0 aromatic heterocycles. The number of rotatable bonds is 7. The molecule has 0 spiro atoms. The van der Waals surface area contributed by atoms with E-state index in [0.29, 0.717) is 6.07 Å². The van der Waals surface area contributed by atoms with Crippen LogP contribution >= 0.6 is 15.9 Å². The number of hydrogen-bond acceptors (Lipinski definition) is 0. The van der Waals surface area contributed by atoms with Gasteiger partial charge in [-0.25, -0.2) is 13.2 Å². The Morgan fingerprint density at radius 1 is 0.944 bits per heavy atom. The maximum atomic E-state index is 13.5. The van der Waals surface area contributed by atoms with Crippen molar-refractivity contribution in [2.75, 3.05) is 0 Å². The molecule has 0 saturated carbocycles. The summed E-state index contributed by atoms with van der Waals surface area (Å²) < 4.78 is 39.3. The fourth-order valence-electron chi connectivity index (χ4n) is 1.86. The molecule has 0 aliphatic rings. The zero-order chi connectivity index (χ0) is 13.5. The molecule has 0 nitrogen and oxygen atoms in total. The van der Waals surface area contributed by atoms with Gasteiger partial charge in [0.15, 0.2) is 11.6 Å². The lowest BCUT2D eigenvalue weighted by atomic mass is 10.0. The minimum atomic E-state index is -1.14. The molecular weight excluding hydrogens is 305 g/mol. The van der Waals surface area contributed by atoms with Crippen LogP contribution in [0.2, 0.25) is 0 Å². The Labute approximate surface area is 115 Å². The number of alkyl halides is 1. The summed E-state index contributed by atoms with van der Waals surface area (Å²) in [6.45, 7) is 2.14. The molecule has 4 heteroatoms. The number of halogens is 4. The monoisotopic (exact) mass is 322 g/mol. The van der Waals surface area contributed by atoms with Gasteiger partial charge in [-0.3, -0.25) is 0 Å². The van der Waals surface area contributed by atoms with Crippen molar-refractivity contribution in [3.63, 3.8) is 0 Å². The van der Waals surface area contributed by atoms with E-state index in [2.05, 4.69) is 22.9 Å². The van der Waals surface area contributed by atoms with Crippen molar-refractivity contribution in [3.05, 3.63) is 35.1 Å². The third-order valence-corrected chi connectivity index (χ3v) is 3.89. The van der Waals surface area contributed by atoms with E-state index in [0.717, 1.165) is 31.7 Å². The van der Waals surface area contributed by atoms with Crippen molar-refractivity contribution < 1.29 is 13.2 Å². The highest BCUT2D eigenvalue weighted by Crippen LogP contribution is 2.31. The fourth-order valence-corrected chi connectivity index (χ4v) is 2.54. The molecule has 0 amide bonds. The van der Waals surface area contributed by atoms with E-state index >= 15 is 0 Å². The summed E-state index contributed by atoms with van der Waals surface area (Å²) in [4.78, 5) is -0.255. The van der Waals surface area contributed by atoms with Crippen molar-refractivity contribution in [2.24, 2.45) is 0 Å². The molecule has 18 heavy (non-hydrogen) atoms. The number of benzene rings is 1. The first-order valence-corrected chi connectivity index (χ1v) is 7.26. The van der Waals surface area contributed by atoms with Gasteiger partial charge in [0, 0.05) is 16.5 Å². The van der Waals surface area contributed by atoms with Gasteiger partial charge in [0.25, 0.3) is 0 Å². The van der Waals surface area contributed by atoms with Crippen LogP contribution in [0, 0.1) is 17.5 Å². The minimum absolute atomic E-state index is 0.199. The van der Waals surface area contributed by atoms with Gasteiger partial charge in [-0.1, -0.05) is 55.0 Å². The molecule has 0 aliphatic heterocycles. The summed E-state index contributed by atoms with van der Waals surface area (Å²) in [7, 11) is 0. The Balaban J connectivity index is 2.51. The van der Waals surface area contributed by atoms with Crippen LogP contribution in [0.3, 0.4) is 0 Å². The van der Waals surface area contributed by atoms with Crippen LogP contribution in [0.15, 0.2) is 12.1 Å². The van der Waals surface area contributed by atoms with Crippen molar-refractivity contribution in [3.8, 4) is 0 Å². The lowest BCUT2D eigenvalue weighted by molar-refractivity contribution is 0.487. The molecule has 1 atom stereocenters. The van der Waals surface area contributed by atoms with Crippen LogP contribution in [-0.4, -0.2) is 0 Å². The van der Waals surface area contributed by atoms with Crippen molar-refractivity contribution in [1.82, 2.24) is 0 Å². The highest BCUT2D eigenvalue weighted by atomic mass is 79.9. The van der Waals surface area contributed by atoms with E-state index in [1.54, 1.807) is 0 Å². The van der Waals surface area contributed by atoms with Crippen LogP contribution in [0.25, 0.3) is 0 Å². The molecular formula is C14H18BrF3. The molecule has 0 saturated heterocycles. The van der Waals surface area contributed by atoms with Gasteiger partial charge in [0.2, 0.25) is 0 Å². The van der Waals surface area contributed by atoms with E-state index in [1.807, 2.05) is 0 Å². The summed E-state index contributed by atoms with van der Waals surface area (Å²) in [5.74, 6) is -2.83. The second-order valence-electron chi connectivity index (χ2n) is 4.46. The maximum Gasteiger partial charge on any atom is 0.161 e. The average molecular weight is 323 g/mol. The zero-order valence-corrected chi connectivity index (χ0v) is 12.1. The van der Waals surface area contributed by atoms with E-state index in [9.17, 15) is 13.2 Å². The first kappa shape index (κ1) is 15.5. The van der Waals surface area contributed by atoms with E-state index < -0.39 is 17.5 Å². The summed E-state index contributed by atoms with van der Waals surface area (Å²) in [6.07, 6.45) is 6.31. The highest BCUT2D eigenvalue weighted by Gasteiger charge is 2.16. The normalized spacial score (nSPS) is 12.7. The zero-order valence-electron chi connectivity index (χ0n) is 10.5. The van der Waals surface area contributed by atoms with Crippen LogP contribution in [0.4, 0.5) is 13.2 Å². The van der Waals surface area contributed by atoms with E-state index in [1.165, 1.54) is 12.8 Å². The molecule has 0 bridgehead atoms. The van der Waals surface area contributed by atoms with Crippen molar-refractivity contribution >= 4 is 15.9 Å². The SMILES string of the molecule is CCCCCCCC(Br)c1cc(F)c(F)cc1F. The van der Waals surface area contributed by atoms with Crippen molar-refractivity contribution in [1.29, 1.82) is 0 Å². The Bertz CT molecular complexity index is 380. The predicted molar refractivity (Wildman–Crippen MR) is 71.4 cm³/mol. The van der Waals surface area contributed by atoms with Crippen LogP contribution in [0.1, 0.15) is 55.8 Å². The van der Waals surface area contributed by atoms with Gasteiger partial charge < -0.3 is 0 Å². The molecule has 0 N–H and O–H groups in total. The standard InChI is InChI=1S/C14H18BrF3/c1-2-3-4-5-6-7-11(15)10-8-13(17)14(18)9-12(10)16/h8-9,11H,2-7H2,1H3. The summed E-state index contributed by atoms with van der Waals surface area (Å²) in [6, 6.07) is 1.55. The van der Waals surface area contributed by atoms with Gasteiger partial charge in [0.1, 0.15) is 5.82 Å². The van der Waals surface area contributed by atoms with Gasteiger partial charge in [-0.15, -0.1) is 0 Å². The molecule has 1 aromatic rings. The quantitative estimate of drug-likeness (QED) is 0.333. The number of unbranched alkanes of at least 4 members (excludes halogenated alkanes) is 4. The van der Waals surface area contributed by atoms with Gasteiger partial charge in [-0.2, -0.15) is 0 Å². The Hall–Kier alpha value is -0.510. The summed E-state index contributed by atoms with van der Waals surface area (Å²) in [5, 5.41) is 0. The third kappa shape index (κ3) is 4.63. The first-order chi connectivity index (χ1) is 8.56. The van der Waals surface area contributed by atoms with E-state index in [-0.39, 0.29) is 10.4 Å². The molecule has 0 aliphatic carbocycles. The number of hydrogen-bond donors (Lipinski definition) is 0. The Morgan fingerprint density at radius 3 is 2.22 bits per heavy atom. The van der Waals surface area contributed by atoms with Crippen molar-refractivity contribution in [2.45, 2.75) is 50.3 Å². The second kappa shape index (κ2) is 7.82. The lowest BCUT2D eigenvalue weighted by Gasteiger charge is -2.11. The fraction of sp³-hybridized carbons (Fsp3) is 0.571. The highest BCUT2D eigenvalue weighted by molar-refractivity contribution is 9.09. The van der Waals surface area contributed by atoms with Crippen LogP contribution in [0.5, 0.6) is 0 Å². The molecule has 1 aromatic carbocycles. The lowest BCUT2D eigenvalue weighted by Crippen LogP contribution is -1.98. The molecule has 0 radical (unpaired) electrons. The van der Waals surface area contributed by atoms with Gasteiger partial charge in [-0.05, 0) is 12.5 Å². The summed E-state index contributed by atoms with van der Waals surface area (Å²) in [5.41, 5.74) is 0.199. The van der Waals surface area contributed by atoms with Crippen LogP contribution in [-0.2, 0) is 0 Å². The molecule has 0 heterocycles. The van der Waals surface area contributed by atoms with Crippen LogP contribution < -0.4 is 0 Å². The predicted octanol–water partition coefficient (Wildman–Crippen LogP) is 5.90. The molecule has 1 unspecified atom stereocenters. The Kier molecular flexibility index (Phi) is 6.76. The smallest absolute Gasteiger partial charge is 0.161 e. The molecule has 0 fully saturated rings.